The van der Waals surface area contributed by atoms with Crippen LogP contribution >= 0.6 is 0 Å². The molecule has 0 rings (SSSR count). The number of rotatable bonds is 6. The fraction of sp³-hybridized carbons (Fsp3) is 1.00. The SMILES string of the molecule is CC[C@@H](O)CNCCOC. The van der Waals surface area contributed by atoms with Gasteiger partial charge >= 0.3 is 0 Å². The number of aliphatic hydroxyl groups is 1. The monoisotopic (exact) mass is 147 g/mol. The van der Waals surface area contributed by atoms with Crippen molar-refractivity contribution in [1.29, 1.82) is 0 Å². The molecule has 0 heterocycles. The van der Waals surface area contributed by atoms with Crippen molar-refractivity contribution in [3.8, 4) is 0 Å². The molecule has 0 saturated heterocycles. The van der Waals surface area contributed by atoms with Crippen molar-refractivity contribution in [3.63, 3.8) is 0 Å². The normalized spacial score (nSPS) is 13.5. The Morgan fingerprint density at radius 2 is 2.30 bits per heavy atom. The highest BCUT2D eigenvalue weighted by Crippen LogP contribution is 1.85. The van der Waals surface area contributed by atoms with E-state index in [1.54, 1.807) is 7.11 Å². The van der Waals surface area contributed by atoms with Crippen LogP contribution < -0.4 is 5.32 Å². The minimum Gasteiger partial charge on any atom is -0.392 e. The summed E-state index contributed by atoms with van der Waals surface area (Å²) in [5.74, 6) is 0. The van der Waals surface area contributed by atoms with E-state index < -0.39 is 0 Å². The number of hydrogen-bond donors (Lipinski definition) is 2. The zero-order valence-corrected chi connectivity index (χ0v) is 6.76. The first-order chi connectivity index (χ1) is 4.81. The molecule has 0 aromatic heterocycles. The van der Waals surface area contributed by atoms with Crippen molar-refractivity contribution in [2.45, 2.75) is 19.4 Å². The van der Waals surface area contributed by atoms with E-state index in [0.29, 0.717) is 13.2 Å². The summed E-state index contributed by atoms with van der Waals surface area (Å²) in [5.41, 5.74) is 0. The zero-order chi connectivity index (χ0) is 7.82. The highest BCUT2D eigenvalue weighted by molar-refractivity contribution is 4.55. The lowest BCUT2D eigenvalue weighted by atomic mass is 10.3. The van der Waals surface area contributed by atoms with Crippen LogP contribution in [0.1, 0.15) is 13.3 Å². The summed E-state index contributed by atoms with van der Waals surface area (Å²) in [7, 11) is 1.66. The predicted molar refractivity (Wildman–Crippen MR) is 41.0 cm³/mol. The number of nitrogens with one attached hydrogen (secondary N) is 1. The van der Waals surface area contributed by atoms with Crippen LogP contribution in [0.3, 0.4) is 0 Å². The van der Waals surface area contributed by atoms with Crippen molar-refractivity contribution in [3.05, 3.63) is 0 Å². The van der Waals surface area contributed by atoms with E-state index in [2.05, 4.69) is 5.32 Å². The van der Waals surface area contributed by atoms with Crippen LogP contribution in [0.5, 0.6) is 0 Å². The van der Waals surface area contributed by atoms with Crippen LogP contribution in [0, 0.1) is 0 Å². The first kappa shape index (κ1) is 9.88. The molecule has 0 amide bonds. The molecule has 0 aliphatic rings. The Kier molecular flexibility index (Phi) is 6.91. The van der Waals surface area contributed by atoms with Gasteiger partial charge in [0, 0.05) is 20.2 Å². The van der Waals surface area contributed by atoms with Gasteiger partial charge in [0.2, 0.25) is 0 Å². The summed E-state index contributed by atoms with van der Waals surface area (Å²) >= 11 is 0. The van der Waals surface area contributed by atoms with Crippen LogP contribution in [0.15, 0.2) is 0 Å². The van der Waals surface area contributed by atoms with Gasteiger partial charge in [-0.1, -0.05) is 6.92 Å². The van der Waals surface area contributed by atoms with Gasteiger partial charge in [0.25, 0.3) is 0 Å². The molecule has 3 heteroatoms. The van der Waals surface area contributed by atoms with E-state index in [9.17, 15) is 0 Å². The van der Waals surface area contributed by atoms with Crippen LogP contribution in [0.4, 0.5) is 0 Å². The van der Waals surface area contributed by atoms with Gasteiger partial charge in [0.15, 0.2) is 0 Å². The molecule has 0 bridgehead atoms. The molecular formula is C7H17NO2. The molecular weight excluding hydrogens is 130 g/mol. The Morgan fingerprint density at radius 3 is 2.80 bits per heavy atom. The average Bonchev–Trinajstić information content (AvgIpc) is 1.98. The average molecular weight is 147 g/mol. The fourth-order valence-corrected chi connectivity index (χ4v) is 0.587. The number of ether oxygens (including phenoxy) is 1. The maximum absolute atomic E-state index is 9.05. The van der Waals surface area contributed by atoms with Gasteiger partial charge in [0.05, 0.1) is 12.7 Å². The third-order valence-electron chi connectivity index (χ3n) is 1.33. The predicted octanol–water partition coefficient (Wildman–Crippen LogP) is -0.00670. The number of methoxy groups -OCH3 is 1. The summed E-state index contributed by atoms with van der Waals surface area (Å²) < 4.78 is 4.81. The Labute approximate surface area is 62.4 Å². The van der Waals surface area contributed by atoms with E-state index in [-0.39, 0.29) is 6.10 Å². The second-order valence-electron chi connectivity index (χ2n) is 2.26. The molecule has 0 aromatic carbocycles. The highest BCUT2D eigenvalue weighted by Gasteiger charge is 1.97. The second-order valence-corrected chi connectivity index (χ2v) is 2.26. The standard InChI is InChI=1S/C7H17NO2/c1-3-7(9)6-8-4-5-10-2/h7-9H,3-6H2,1-2H3/t7-/m1/s1. The second kappa shape index (κ2) is 6.99. The van der Waals surface area contributed by atoms with Gasteiger partial charge < -0.3 is 15.2 Å². The largest absolute Gasteiger partial charge is 0.392 e. The number of hydrogen-bond acceptors (Lipinski definition) is 3. The first-order valence-corrected chi connectivity index (χ1v) is 3.69. The van der Waals surface area contributed by atoms with E-state index in [4.69, 9.17) is 9.84 Å². The summed E-state index contributed by atoms with van der Waals surface area (Å²) in [5, 5.41) is 12.1. The lowest BCUT2D eigenvalue weighted by Crippen LogP contribution is -2.28. The van der Waals surface area contributed by atoms with Crippen molar-refractivity contribution in [2.75, 3.05) is 26.8 Å². The van der Waals surface area contributed by atoms with Gasteiger partial charge in [-0.2, -0.15) is 0 Å². The maximum atomic E-state index is 9.05. The van der Waals surface area contributed by atoms with E-state index >= 15 is 0 Å². The van der Waals surface area contributed by atoms with Crippen molar-refractivity contribution >= 4 is 0 Å². The molecule has 0 radical (unpaired) electrons. The molecule has 0 unspecified atom stereocenters. The third-order valence-corrected chi connectivity index (χ3v) is 1.33. The van der Waals surface area contributed by atoms with Crippen LogP contribution in [0.2, 0.25) is 0 Å². The van der Waals surface area contributed by atoms with Gasteiger partial charge in [-0.15, -0.1) is 0 Å². The van der Waals surface area contributed by atoms with Crippen LogP contribution in [0.25, 0.3) is 0 Å². The fourth-order valence-electron chi connectivity index (χ4n) is 0.587. The highest BCUT2D eigenvalue weighted by atomic mass is 16.5. The molecule has 0 aliphatic heterocycles. The van der Waals surface area contributed by atoms with Gasteiger partial charge in [-0.05, 0) is 6.42 Å². The smallest absolute Gasteiger partial charge is 0.0662 e. The van der Waals surface area contributed by atoms with E-state index in [0.717, 1.165) is 13.0 Å². The Morgan fingerprint density at radius 1 is 1.60 bits per heavy atom. The Hall–Kier alpha value is -0.120. The maximum Gasteiger partial charge on any atom is 0.0662 e. The lowest BCUT2D eigenvalue weighted by molar-refractivity contribution is 0.156. The molecule has 10 heavy (non-hydrogen) atoms. The van der Waals surface area contributed by atoms with Gasteiger partial charge in [-0.25, -0.2) is 0 Å². The first-order valence-electron chi connectivity index (χ1n) is 3.69. The van der Waals surface area contributed by atoms with Crippen molar-refractivity contribution < 1.29 is 9.84 Å². The van der Waals surface area contributed by atoms with Crippen LogP contribution in [-0.4, -0.2) is 38.0 Å². The van der Waals surface area contributed by atoms with Gasteiger partial charge in [-0.3, -0.25) is 0 Å². The number of aliphatic hydroxyl groups excluding tert-OH is 1. The summed E-state index contributed by atoms with van der Waals surface area (Å²) in [6.45, 7) is 4.15. The van der Waals surface area contributed by atoms with Crippen molar-refractivity contribution in [2.24, 2.45) is 0 Å². The summed E-state index contributed by atoms with van der Waals surface area (Å²) in [6, 6.07) is 0. The zero-order valence-electron chi connectivity index (χ0n) is 6.76. The topological polar surface area (TPSA) is 41.5 Å². The summed E-state index contributed by atoms with van der Waals surface area (Å²) in [4.78, 5) is 0. The van der Waals surface area contributed by atoms with Gasteiger partial charge in [0.1, 0.15) is 0 Å². The summed E-state index contributed by atoms with van der Waals surface area (Å²) in [6.07, 6.45) is 0.594. The minimum absolute atomic E-state index is 0.211. The molecule has 0 aromatic rings. The lowest BCUT2D eigenvalue weighted by Gasteiger charge is -2.07. The molecule has 2 N–H and O–H groups in total. The minimum atomic E-state index is -0.211. The quantitative estimate of drug-likeness (QED) is 0.519. The van der Waals surface area contributed by atoms with E-state index in [1.807, 2.05) is 6.92 Å². The van der Waals surface area contributed by atoms with E-state index in [1.165, 1.54) is 0 Å². The molecule has 3 nitrogen and oxygen atoms in total. The Balaban J connectivity index is 2.89. The third kappa shape index (κ3) is 6.01. The molecule has 0 spiro atoms. The molecule has 0 fully saturated rings. The molecule has 1 atom stereocenters. The van der Waals surface area contributed by atoms with Crippen LogP contribution in [-0.2, 0) is 4.74 Å². The molecule has 0 aliphatic carbocycles. The molecule has 62 valence electrons. The molecule has 0 saturated carbocycles. The van der Waals surface area contributed by atoms with Crippen molar-refractivity contribution in [1.82, 2.24) is 5.32 Å². The Bertz CT molecular complexity index is 68.6.